The Bertz CT molecular complexity index is 1460. The van der Waals surface area contributed by atoms with Crippen LogP contribution in [0.3, 0.4) is 0 Å². The van der Waals surface area contributed by atoms with Crippen LogP contribution >= 0.6 is 0 Å². The summed E-state index contributed by atoms with van der Waals surface area (Å²) in [4.78, 5) is 36.6. The molecule has 1 unspecified atom stereocenters. The van der Waals surface area contributed by atoms with Gasteiger partial charge in [0.05, 0.1) is 40.6 Å². The summed E-state index contributed by atoms with van der Waals surface area (Å²) in [6.45, 7) is 7.48. The Morgan fingerprint density at radius 1 is 1.14 bits per heavy atom. The van der Waals surface area contributed by atoms with Gasteiger partial charge in [0, 0.05) is 24.7 Å². The van der Waals surface area contributed by atoms with Gasteiger partial charge in [-0.1, -0.05) is 24.3 Å². The third-order valence-electron chi connectivity index (χ3n) is 6.88. The summed E-state index contributed by atoms with van der Waals surface area (Å²) in [7, 11) is 0. The first kappa shape index (κ1) is 24.4. The van der Waals surface area contributed by atoms with E-state index in [0.717, 1.165) is 42.0 Å². The number of benzene rings is 1. The first-order chi connectivity index (χ1) is 17.8. The Kier molecular flexibility index (Phi) is 6.60. The zero-order valence-electron chi connectivity index (χ0n) is 21.3. The first-order valence-electron chi connectivity index (χ1n) is 12.6. The van der Waals surface area contributed by atoms with Gasteiger partial charge in [0.1, 0.15) is 5.82 Å². The molecule has 4 heterocycles. The molecule has 0 aliphatic carbocycles. The number of aryl methyl sites for hydroxylation is 1. The summed E-state index contributed by atoms with van der Waals surface area (Å²) in [5.74, 6) is 0.0588. The molecule has 9 heteroatoms. The second-order valence-electron chi connectivity index (χ2n) is 9.84. The monoisotopic (exact) mass is 497 g/mol. The van der Waals surface area contributed by atoms with Crippen molar-refractivity contribution in [3.8, 4) is 11.3 Å². The lowest BCUT2D eigenvalue weighted by molar-refractivity contribution is -0.122. The van der Waals surface area contributed by atoms with Crippen molar-refractivity contribution in [3.63, 3.8) is 0 Å². The van der Waals surface area contributed by atoms with E-state index in [1.807, 2.05) is 67.9 Å². The number of pyridine rings is 2. The molecule has 1 atom stereocenters. The quantitative estimate of drug-likeness (QED) is 0.409. The molecule has 3 aromatic heterocycles. The summed E-state index contributed by atoms with van der Waals surface area (Å²) in [5, 5.41) is 8.18. The molecule has 1 aromatic carbocycles. The van der Waals surface area contributed by atoms with E-state index in [1.54, 1.807) is 12.4 Å². The van der Waals surface area contributed by atoms with Crippen molar-refractivity contribution in [3.05, 3.63) is 66.0 Å². The highest BCUT2D eigenvalue weighted by atomic mass is 16.2. The van der Waals surface area contributed by atoms with E-state index in [9.17, 15) is 9.59 Å². The Morgan fingerprint density at radius 2 is 1.95 bits per heavy atom. The van der Waals surface area contributed by atoms with Gasteiger partial charge < -0.3 is 16.0 Å². The molecule has 1 saturated heterocycles. The largest absolute Gasteiger partial charge is 0.369 e. The first-order valence-corrected chi connectivity index (χ1v) is 12.6. The van der Waals surface area contributed by atoms with Crippen molar-refractivity contribution in [2.45, 2.75) is 39.7 Å². The third-order valence-corrected chi connectivity index (χ3v) is 6.88. The fourth-order valence-electron chi connectivity index (χ4n) is 4.85. The van der Waals surface area contributed by atoms with Crippen LogP contribution in [0, 0.1) is 12.8 Å². The molecule has 37 heavy (non-hydrogen) atoms. The number of carbonyl (C=O) groups is 2. The van der Waals surface area contributed by atoms with Crippen molar-refractivity contribution >= 4 is 34.4 Å². The number of primary amides is 1. The molecule has 3 N–H and O–H groups in total. The van der Waals surface area contributed by atoms with Crippen molar-refractivity contribution in [1.82, 2.24) is 19.7 Å². The predicted molar refractivity (Wildman–Crippen MR) is 144 cm³/mol. The average Bonchev–Trinajstić information content (AvgIpc) is 3.33. The molecular weight excluding hydrogens is 466 g/mol. The molecule has 0 bridgehead atoms. The fourth-order valence-corrected chi connectivity index (χ4v) is 4.85. The van der Waals surface area contributed by atoms with E-state index in [2.05, 4.69) is 20.3 Å². The number of carbonyl (C=O) groups excluding carboxylic acids is 2. The van der Waals surface area contributed by atoms with Gasteiger partial charge in [0.25, 0.3) is 5.91 Å². The Morgan fingerprint density at radius 3 is 2.65 bits per heavy atom. The minimum Gasteiger partial charge on any atom is -0.369 e. The zero-order valence-corrected chi connectivity index (χ0v) is 21.3. The number of aromatic nitrogens is 4. The van der Waals surface area contributed by atoms with Crippen LogP contribution in [0.4, 0.5) is 11.5 Å². The second-order valence-corrected chi connectivity index (χ2v) is 9.84. The smallest absolute Gasteiger partial charge is 0.256 e. The minimum absolute atomic E-state index is 0.0914. The normalized spacial score (nSPS) is 15.8. The molecule has 190 valence electrons. The zero-order chi connectivity index (χ0) is 26.1. The number of fused-ring (bicyclic) bond motifs is 1. The van der Waals surface area contributed by atoms with Crippen LogP contribution in [-0.4, -0.2) is 44.7 Å². The van der Waals surface area contributed by atoms with Crippen LogP contribution in [0.25, 0.3) is 22.3 Å². The lowest BCUT2D eigenvalue weighted by Gasteiger charge is -2.32. The maximum absolute atomic E-state index is 13.5. The van der Waals surface area contributed by atoms with Gasteiger partial charge in [0.2, 0.25) is 5.91 Å². The molecule has 9 nitrogen and oxygen atoms in total. The van der Waals surface area contributed by atoms with E-state index in [1.165, 1.54) is 0 Å². The van der Waals surface area contributed by atoms with Gasteiger partial charge >= 0.3 is 0 Å². The lowest BCUT2D eigenvalue weighted by Crippen LogP contribution is -2.41. The van der Waals surface area contributed by atoms with E-state index in [0.29, 0.717) is 28.8 Å². The number of piperidine rings is 1. The summed E-state index contributed by atoms with van der Waals surface area (Å²) in [5.41, 5.74) is 10.0. The number of nitrogens with one attached hydrogen (secondary N) is 1. The molecular formula is C28H31N7O2. The van der Waals surface area contributed by atoms with E-state index < -0.39 is 0 Å². The van der Waals surface area contributed by atoms with Gasteiger partial charge in [-0.25, -0.2) is 14.6 Å². The van der Waals surface area contributed by atoms with Crippen molar-refractivity contribution in [2.24, 2.45) is 11.7 Å². The summed E-state index contributed by atoms with van der Waals surface area (Å²) >= 11 is 0. The number of nitrogens with two attached hydrogens (primary N) is 1. The minimum atomic E-state index is -0.275. The number of nitrogens with zero attached hydrogens (tertiary/aromatic N) is 5. The van der Waals surface area contributed by atoms with Crippen LogP contribution in [0.5, 0.6) is 0 Å². The molecule has 2 amide bonds. The van der Waals surface area contributed by atoms with Crippen LogP contribution in [0.2, 0.25) is 0 Å². The predicted octanol–water partition coefficient (Wildman–Crippen LogP) is 4.34. The van der Waals surface area contributed by atoms with Gasteiger partial charge in [-0.05, 0) is 57.4 Å². The summed E-state index contributed by atoms with van der Waals surface area (Å²) in [6.07, 6.45) is 5.03. The highest BCUT2D eigenvalue weighted by molar-refractivity contribution is 6.12. The van der Waals surface area contributed by atoms with Crippen LogP contribution in [0.15, 0.2) is 54.9 Å². The topological polar surface area (TPSA) is 119 Å². The standard InChI is InChI=1S/C28H31N7O2/c1-17(2)35-27-23(15-31-35)22(13-24(33-27)21-9-5-4-7-18(21)3)28(37)32-20-10-11-25(30-14-20)34-12-6-8-19(16-34)26(29)36/h4-5,7,9-11,13-15,17,19H,6,8,12,16H2,1-3H3,(H2,29,36)(H,32,37). The SMILES string of the molecule is Cc1ccccc1-c1cc(C(=O)Nc2ccc(N3CCCC(C(N)=O)C3)nc2)c2cnn(C(C)C)c2n1. The van der Waals surface area contributed by atoms with Gasteiger partial charge in [-0.15, -0.1) is 0 Å². The van der Waals surface area contributed by atoms with E-state index in [-0.39, 0.29) is 23.8 Å². The molecule has 1 aliphatic rings. The molecule has 1 aliphatic heterocycles. The molecule has 0 spiro atoms. The second kappa shape index (κ2) is 10.0. The van der Waals surface area contributed by atoms with Gasteiger partial charge in [0.15, 0.2) is 5.65 Å². The van der Waals surface area contributed by atoms with E-state index >= 15 is 0 Å². The Balaban J connectivity index is 1.44. The maximum atomic E-state index is 13.5. The van der Waals surface area contributed by atoms with Crippen LogP contribution < -0.4 is 16.0 Å². The number of rotatable bonds is 6. The highest BCUT2D eigenvalue weighted by Gasteiger charge is 2.25. The van der Waals surface area contributed by atoms with Crippen molar-refractivity contribution in [1.29, 1.82) is 0 Å². The van der Waals surface area contributed by atoms with Crippen LogP contribution in [-0.2, 0) is 4.79 Å². The van der Waals surface area contributed by atoms with Gasteiger partial charge in [-0.3, -0.25) is 9.59 Å². The summed E-state index contributed by atoms with van der Waals surface area (Å²) < 4.78 is 1.84. The maximum Gasteiger partial charge on any atom is 0.256 e. The van der Waals surface area contributed by atoms with Crippen LogP contribution in [0.1, 0.15) is 48.7 Å². The lowest BCUT2D eigenvalue weighted by atomic mass is 9.97. The number of amides is 2. The molecule has 0 radical (unpaired) electrons. The molecule has 0 saturated carbocycles. The fraction of sp³-hybridized carbons (Fsp3) is 0.321. The summed E-state index contributed by atoms with van der Waals surface area (Å²) in [6, 6.07) is 13.6. The highest BCUT2D eigenvalue weighted by Crippen LogP contribution is 2.29. The third kappa shape index (κ3) is 4.89. The molecule has 1 fully saturated rings. The molecule has 5 rings (SSSR count). The Hall–Kier alpha value is -4.27. The average molecular weight is 498 g/mol. The Labute approximate surface area is 215 Å². The number of hydrogen-bond donors (Lipinski definition) is 2. The molecule has 4 aromatic rings. The van der Waals surface area contributed by atoms with E-state index in [4.69, 9.17) is 10.7 Å². The van der Waals surface area contributed by atoms with Crippen molar-refractivity contribution < 1.29 is 9.59 Å². The van der Waals surface area contributed by atoms with Gasteiger partial charge in [-0.2, -0.15) is 5.10 Å². The van der Waals surface area contributed by atoms with Crippen molar-refractivity contribution in [2.75, 3.05) is 23.3 Å². The number of hydrogen-bond acceptors (Lipinski definition) is 6. The number of anilines is 2.